The van der Waals surface area contributed by atoms with Gasteiger partial charge in [0, 0.05) is 18.8 Å². The van der Waals surface area contributed by atoms with Gasteiger partial charge in [0.2, 0.25) is 0 Å². The van der Waals surface area contributed by atoms with E-state index in [2.05, 4.69) is 39.7 Å². The summed E-state index contributed by atoms with van der Waals surface area (Å²) in [7, 11) is 0. The lowest BCUT2D eigenvalue weighted by atomic mass is 10.1. The van der Waals surface area contributed by atoms with Gasteiger partial charge in [-0.05, 0) is 41.3 Å². The van der Waals surface area contributed by atoms with Crippen molar-refractivity contribution in [1.29, 1.82) is 0 Å². The van der Waals surface area contributed by atoms with E-state index in [1.54, 1.807) is 6.20 Å². The molecule has 0 bridgehead atoms. The molecule has 2 unspecified atom stereocenters. The summed E-state index contributed by atoms with van der Waals surface area (Å²) in [4.78, 5) is 6.73. The molecule has 2 heterocycles. The van der Waals surface area contributed by atoms with Crippen LogP contribution in [0.25, 0.3) is 0 Å². The maximum atomic E-state index is 5.88. The molecule has 0 aliphatic carbocycles. The lowest BCUT2D eigenvalue weighted by molar-refractivity contribution is 0.544. The summed E-state index contributed by atoms with van der Waals surface area (Å²) in [5.41, 5.74) is 0. The minimum atomic E-state index is 0.551. The topological polar surface area (TPSA) is 16.1 Å². The van der Waals surface area contributed by atoms with E-state index in [0.29, 0.717) is 11.1 Å². The summed E-state index contributed by atoms with van der Waals surface area (Å²) in [5.74, 6) is 1.74. The summed E-state index contributed by atoms with van der Waals surface area (Å²) in [6.07, 6.45) is 2.94. The molecular weight excluding hydrogens is 275 g/mol. The average Bonchev–Trinajstić information content (AvgIpc) is 2.49. The van der Waals surface area contributed by atoms with E-state index in [9.17, 15) is 0 Å². The molecule has 1 fully saturated rings. The fourth-order valence-electron chi connectivity index (χ4n) is 2.01. The van der Waals surface area contributed by atoms with Gasteiger partial charge in [-0.1, -0.05) is 18.5 Å². The first kappa shape index (κ1) is 11.2. The molecular formula is C11H14BrClN2. The summed E-state index contributed by atoms with van der Waals surface area (Å²) >= 11 is 9.39. The third-order valence-electron chi connectivity index (χ3n) is 3.20. The van der Waals surface area contributed by atoms with E-state index in [1.807, 2.05) is 6.07 Å². The van der Waals surface area contributed by atoms with Crippen molar-refractivity contribution in [1.82, 2.24) is 4.98 Å². The maximum Gasteiger partial charge on any atom is 0.143 e. The minimum Gasteiger partial charge on any atom is -0.353 e. The smallest absolute Gasteiger partial charge is 0.143 e. The molecule has 82 valence electrons. The first-order valence-electron chi connectivity index (χ1n) is 5.17. The van der Waals surface area contributed by atoms with E-state index in [0.717, 1.165) is 22.8 Å². The van der Waals surface area contributed by atoms with Crippen molar-refractivity contribution in [2.75, 3.05) is 11.4 Å². The number of nitrogens with zero attached hydrogens (tertiary/aromatic N) is 2. The number of hydrogen-bond donors (Lipinski definition) is 0. The van der Waals surface area contributed by atoms with Crippen LogP contribution in [0, 0.1) is 5.92 Å². The zero-order valence-corrected chi connectivity index (χ0v) is 11.2. The highest BCUT2D eigenvalue weighted by Gasteiger charge is 2.29. The predicted octanol–water partition coefficient (Wildman–Crippen LogP) is 3.73. The largest absolute Gasteiger partial charge is 0.353 e. The maximum absolute atomic E-state index is 5.88. The molecule has 2 nitrogen and oxygen atoms in total. The highest BCUT2D eigenvalue weighted by molar-refractivity contribution is 9.10. The van der Waals surface area contributed by atoms with Crippen LogP contribution in [-0.2, 0) is 0 Å². The average molecular weight is 290 g/mol. The Morgan fingerprint density at radius 1 is 1.53 bits per heavy atom. The predicted molar refractivity (Wildman–Crippen MR) is 67.5 cm³/mol. The van der Waals surface area contributed by atoms with E-state index in [4.69, 9.17) is 11.6 Å². The van der Waals surface area contributed by atoms with Crippen LogP contribution in [0.4, 0.5) is 5.82 Å². The van der Waals surface area contributed by atoms with Crippen LogP contribution >= 0.6 is 27.5 Å². The Balaban J connectivity index is 2.30. The first-order valence-corrected chi connectivity index (χ1v) is 6.34. The van der Waals surface area contributed by atoms with Crippen molar-refractivity contribution in [3.8, 4) is 0 Å². The number of halogens is 2. The fourth-order valence-corrected chi connectivity index (χ4v) is 2.88. The van der Waals surface area contributed by atoms with E-state index >= 15 is 0 Å². The number of rotatable bonds is 1. The Labute approximate surface area is 104 Å². The molecule has 1 saturated heterocycles. The summed E-state index contributed by atoms with van der Waals surface area (Å²) < 4.78 is 0.982. The first-order chi connectivity index (χ1) is 7.09. The summed E-state index contributed by atoms with van der Waals surface area (Å²) in [5, 5.41) is 0.672. The Kier molecular flexibility index (Phi) is 3.21. The van der Waals surface area contributed by atoms with Gasteiger partial charge in [-0.15, -0.1) is 0 Å². The standard InChI is InChI=1S/C11H14BrClN2/c1-7-3-4-15(8(7)2)11-10(12)5-9(13)6-14-11/h5-8H,3-4H2,1-2H3. The third-order valence-corrected chi connectivity index (χ3v) is 3.99. The van der Waals surface area contributed by atoms with Gasteiger partial charge in [-0.25, -0.2) is 4.98 Å². The number of anilines is 1. The molecule has 1 aliphatic heterocycles. The van der Waals surface area contributed by atoms with Crippen LogP contribution in [0.3, 0.4) is 0 Å². The zero-order chi connectivity index (χ0) is 11.0. The van der Waals surface area contributed by atoms with Crippen molar-refractivity contribution in [3.63, 3.8) is 0 Å². The second-order valence-corrected chi connectivity index (χ2v) is 5.45. The molecule has 0 aromatic carbocycles. The molecule has 0 radical (unpaired) electrons. The lowest BCUT2D eigenvalue weighted by Gasteiger charge is -2.25. The third kappa shape index (κ3) is 2.13. The highest BCUT2D eigenvalue weighted by atomic mass is 79.9. The summed E-state index contributed by atoms with van der Waals surface area (Å²) in [6.45, 7) is 5.62. The number of aromatic nitrogens is 1. The van der Waals surface area contributed by atoms with Crippen molar-refractivity contribution in [2.24, 2.45) is 5.92 Å². The second kappa shape index (κ2) is 4.30. The summed E-state index contributed by atoms with van der Waals surface area (Å²) in [6, 6.07) is 2.45. The van der Waals surface area contributed by atoms with Crippen LogP contribution in [-0.4, -0.2) is 17.6 Å². The van der Waals surface area contributed by atoms with Gasteiger partial charge >= 0.3 is 0 Å². The number of hydrogen-bond acceptors (Lipinski definition) is 2. The van der Waals surface area contributed by atoms with Crippen LogP contribution < -0.4 is 4.90 Å². The number of pyridine rings is 1. The molecule has 0 saturated carbocycles. The van der Waals surface area contributed by atoms with E-state index < -0.39 is 0 Å². The Bertz CT molecular complexity index is 370. The fraction of sp³-hybridized carbons (Fsp3) is 0.545. The van der Waals surface area contributed by atoms with Crippen LogP contribution in [0.1, 0.15) is 20.3 Å². The van der Waals surface area contributed by atoms with Crippen molar-refractivity contribution in [3.05, 3.63) is 21.8 Å². The SMILES string of the molecule is CC1CCN(c2ncc(Cl)cc2Br)C1C. The van der Waals surface area contributed by atoms with Gasteiger partial charge in [0.15, 0.2) is 0 Å². The molecule has 2 atom stereocenters. The van der Waals surface area contributed by atoms with Gasteiger partial charge in [-0.3, -0.25) is 0 Å². The van der Waals surface area contributed by atoms with E-state index in [-0.39, 0.29) is 0 Å². The quantitative estimate of drug-likeness (QED) is 0.783. The van der Waals surface area contributed by atoms with Gasteiger partial charge in [0.25, 0.3) is 0 Å². The second-order valence-electron chi connectivity index (χ2n) is 4.16. The van der Waals surface area contributed by atoms with E-state index in [1.165, 1.54) is 6.42 Å². The molecule has 1 aromatic rings. The molecule has 2 rings (SSSR count). The Hall–Kier alpha value is -0.280. The van der Waals surface area contributed by atoms with Crippen LogP contribution in [0.15, 0.2) is 16.7 Å². The van der Waals surface area contributed by atoms with Crippen molar-refractivity contribution < 1.29 is 0 Å². The highest BCUT2D eigenvalue weighted by Crippen LogP contribution is 2.33. The van der Waals surface area contributed by atoms with Crippen LogP contribution in [0.2, 0.25) is 5.02 Å². The van der Waals surface area contributed by atoms with Crippen molar-refractivity contribution >= 4 is 33.3 Å². The monoisotopic (exact) mass is 288 g/mol. The molecule has 0 amide bonds. The van der Waals surface area contributed by atoms with Gasteiger partial charge < -0.3 is 4.90 Å². The minimum absolute atomic E-state index is 0.551. The molecule has 0 N–H and O–H groups in total. The normalized spacial score (nSPS) is 26.0. The van der Waals surface area contributed by atoms with Crippen molar-refractivity contribution in [2.45, 2.75) is 26.3 Å². The molecule has 15 heavy (non-hydrogen) atoms. The molecule has 0 spiro atoms. The Morgan fingerprint density at radius 3 is 2.80 bits per heavy atom. The van der Waals surface area contributed by atoms with Crippen LogP contribution in [0.5, 0.6) is 0 Å². The Morgan fingerprint density at radius 2 is 2.27 bits per heavy atom. The zero-order valence-electron chi connectivity index (χ0n) is 8.87. The van der Waals surface area contributed by atoms with Gasteiger partial charge in [0.05, 0.1) is 9.50 Å². The lowest BCUT2D eigenvalue weighted by Crippen LogP contribution is -2.30. The van der Waals surface area contributed by atoms with Gasteiger partial charge in [0.1, 0.15) is 5.82 Å². The molecule has 1 aromatic heterocycles. The molecule has 1 aliphatic rings. The van der Waals surface area contributed by atoms with Gasteiger partial charge in [-0.2, -0.15) is 0 Å². The molecule has 4 heteroatoms.